The van der Waals surface area contributed by atoms with E-state index in [1.54, 1.807) is 14.2 Å². The van der Waals surface area contributed by atoms with E-state index in [0.29, 0.717) is 0 Å². The predicted molar refractivity (Wildman–Crippen MR) is 112 cm³/mol. The van der Waals surface area contributed by atoms with Crippen LogP contribution in [0.1, 0.15) is 45.7 Å². The predicted octanol–water partition coefficient (Wildman–Crippen LogP) is 3.43. The fraction of sp³-hybridized carbons (Fsp3) is 0.524. The lowest BCUT2D eigenvalue weighted by Crippen LogP contribution is -2.44. The van der Waals surface area contributed by atoms with E-state index in [4.69, 9.17) is 9.47 Å². The first-order valence-corrected chi connectivity index (χ1v) is 10.6. The van der Waals surface area contributed by atoms with Crippen molar-refractivity contribution in [3.63, 3.8) is 0 Å². The van der Waals surface area contributed by atoms with Crippen LogP contribution in [0.4, 0.5) is 0 Å². The molecule has 0 saturated carbocycles. The van der Waals surface area contributed by atoms with Crippen molar-refractivity contribution < 1.29 is 14.3 Å². The van der Waals surface area contributed by atoms with Crippen molar-refractivity contribution in [1.82, 2.24) is 15.2 Å². The van der Waals surface area contributed by atoms with Gasteiger partial charge >= 0.3 is 0 Å². The monoisotopic (exact) mass is 403 g/mol. The van der Waals surface area contributed by atoms with Gasteiger partial charge in [-0.05, 0) is 43.9 Å². The Hall–Kier alpha value is -2.12. The molecule has 0 radical (unpaired) electrons. The number of hydrogen-bond donors (Lipinski definition) is 1. The largest absolute Gasteiger partial charge is 0.493 e. The Kier molecular flexibility index (Phi) is 6.91. The minimum atomic E-state index is 0.0285. The highest BCUT2D eigenvalue weighted by Crippen LogP contribution is 2.28. The number of likely N-dealkylation sites (tertiary alicyclic amines) is 1. The number of rotatable bonds is 7. The zero-order chi connectivity index (χ0) is 20.1. The van der Waals surface area contributed by atoms with Crippen molar-refractivity contribution in [1.29, 1.82) is 0 Å². The molecule has 1 fully saturated rings. The molecule has 1 amide bonds. The number of hydrogen-bond acceptors (Lipinski definition) is 6. The number of piperidine rings is 1. The molecule has 6 nitrogen and oxygen atoms in total. The lowest BCUT2D eigenvalue weighted by Gasteiger charge is -2.32. The minimum absolute atomic E-state index is 0.0285. The van der Waals surface area contributed by atoms with Gasteiger partial charge in [-0.1, -0.05) is 13.0 Å². The van der Waals surface area contributed by atoms with Gasteiger partial charge in [0.05, 0.1) is 24.9 Å². The molecule has 1 saturated heterocycles. The summed E-state index contributed by atoms with van der Waals surface area (Å²) in [4.78, 5) is 20.3. The summed E-state index contributed by atoms with van der Waals surface area (Å²) >= 11 is 1.49. The molecule has 1 N–H and O–H groups in total. The molecular formula is C21H29N3O3S. The second kappa shape index (κ2) is 9.39. The Balaban J connectivity index is 1.52. The van der Waals surface area contributed by atoms with Gasteiger partial charge in [-0.25, -0.2) is 4.98 Å². The third-order valence-electron chi connectivity index (χ3n) is 5.12. The molecule has 1 aromatic carbocycles. The number of ether oxygens (including phenoxy) is 2. The molecule has 0 atom stereocenters. The highest BCUT2D eigenvalue weighted by atomic mass is 32.1. The number of nitrogens with zero attached hydrogens (tertiary/aromatic N) is 2. The van der Waals surface area contributed by atoms with Gasteiger partial charge in [-0.2, -0.15) is 0 Å². The van der Waals surface area contributed by atoms with Crippen LogP contribution in [0.15, 0.2) is 18.2 Å². The second-order valence-corrected chi connectivity index (χ2v) is 8.28. The maximum absolute atomic E-state index is 12.6. The molecule has 0 aliphatic carbocycles. The number of carbonyl (C=O) groups excluding carboxylic acids is 1. The summed E-state index contributed by atoms with van der Waals surface area (Å²) in [7, 11) is 3.30. The number of amides is 1. The Bertz CT molecular complexity index is 813. The van der Waals surface area contributed by atoms with Gasteiger partial charge in [0.2, 0.25) is 0 Å². The highest BCUT2D eigenvalue weighted by Gasteiger charge is 2.23. The third-order valence-corrected chi connectivity index (χ3v) is 6.13. The van der Waals surface area contributed by atoms with Gasteiger partial charge < -0.3 is 14.8 Å². The first-order valence-electron chi connectivity index (χ1n) is 9.74. The van der Waals surface area contributed by atoms with Crippen molar-refractivity contribution >= 4 is 17.2 Å². The zero-order valence-corrected chi connectivity index (χ0v) is 17.9. The summed E-state index contributed by atoms with van der Waals surface area (Å²) in [6.45, 7) is 6.78. The van der Waals surface area contributed by atoms with Gasteiger partial charge in [0.25, 0.3) is 5.91 Å². The summed E-state index contributed by atoms with van der Waals surface area (Å²) in [6.07, 6.45) is 2.70. The van der Waals surface area contributed by atoms with E-state index in [0.717, 1.165) is 66.0 Å². The lowest BCUT2D eigenvalue weighted by atomic mass is 10.0. The van der Waals surface area contributed by atoms with Gasteiger partial charge in [0.1, 0.15) is 4.88 Å². The molecule has 3 rings (SSSR count). The molecular weight excluding hydrogens is 374 g/mol. The Morgan fingerprint density at radius 1 is 1.25 bits per heavy atom. The van der Waals surface area contributed by atoms with E-state index < -0.39 is 0 Å². The van der Waals surface area contributed by atoms with E-state index in [1.165, 1.54) is 16.9 Å². The number of benzene rings is 1. The molecule has 2 heterocycles. The topological polar surface area (TPSA) is 63.7 Å². The van der Waals surface area contributed by atoms with Crippen LogP contribution in [0.25, 0.3) is 0 Å². The van der Waals surface area contributed by atoms with Gasteiger partial charge in [0.15, 0.2) is 11.5 Å². The van der Waals surface area contributed by atoms with Crippen molar-refractivity contribution in [2.45, 2.75) is 45.7 Å². The molecule has 0 bridgehead atoms. The molecule has 0 unspecified atom stereocenters. The van der Waals surface area contributed by atoms with Crippen LogP contribution in [-0.2, 0) is 13.0 Å². The highest BCUT2D eigenvalue weighted by molar-refractivity contribution is 7.13. The summed E-state index contributed by atoms with van der Waals surface area (Å²) in [5.74, 6) is 1.53. The summed E-state index contributed by atoms with van der Waals surface area (Å²) in [5, 5.41) is 4.16. The maximum atomic E-state index is 12.6. The number of thiazole rings is 1. The fourth-order valence-electron chi connectivity index (χ4n) is 3.61. The molecule has 1 aromatic heterocycles. The molecule has 1 aliphatic heterocycles. The first-order chi connectivity index (χ1) is 13.5. The Morgan fingerprint density at radius 3 is 2.61 bits per heavy atom. The SMILES string of the molecule is CCc1nc(C)sc1C(=O)NC1CCN(Cc2ccc(OC)c(OC)c2)CC1. The van der Waals surface area contributed by atoms with E-state index in [-0.39, 0.29) is 11.9 Å². The number of methoxy groups -OCH3 is 2. The Labute approximate surface area is 170 Å². The second-order valence-electron chi connectivity index (χ2n) is 7.08. The summed E-state index contributed by atoms with van der Waals surface area (Å²) in [5.41, 5.74) is 2.11. The Morgan fingerprint density at radius 2 is 1.96 bits per heavy atom. The van der Waals surface area contributed by atoms with Crippen LogP contribution in [-0.4, -0.2) is 49.1 Å². The van der Waals surface area contributed by atoms with Crippen LogP contribution in [0, 0.1) is 6.92 Å². The number of nitrogens with one attached hydrogen (secondary N) is 1. The molecule has 0 spiro atoms. The van der Waals surface area contributed by atoms with Crippen molar-refractivity contribution in [2.24, 2.45) is 0 Å². The first kappa shape index (κ1) is 20.6. The molecule has 28 heavy (non-hydrogen) atoms. The average Bonchev–Trinajstić information content (AvgIpc) is 3.10. The van der Waals surface area contributed by atoms with E-state index in [9.17, 15) is 4.79 Å². The van der Waals surface area contributed by atoms with Crippen molar-refractivity contribution in [3.05, 3.63) is 39.3 Å². The summed E-state index contributed by atoms with van der Waals surface area (Å²) < 4.78 is 10.7. The summed E-state index contributed by atoms with van der Waals surface area (Å²) in [6, 6.07) is 6.28. The van der Waals surface area contributed by atoms with Crippen LogP contribution in [0.2, 0.25) is 0 Å². The van der Waals surface area contributed by atoms with Crippen LogP contribution < -0.4 is 14.8 Å². The maximum Gasteiger partial charge on any atom is 0.263 e. The van der Waals surface area contributed by atoms with Gasteiger partial charge in [0, 0.05) is 25.7 Å². The normalized spacial score (nSPS) is 15.4. The zero-order valence-electron chi connectivity index (χ0n) is 17.1. The van der Waals surface area contributed by atoms with Crippen molar-refractivity contribution in [3.8, 4) is 11.5 Å². The molecule has 1 aliphatic rings. The standard InChI is InChI=1S/C21H29N3O3S/c1-5-17-20(28-14(2)22-17)21(25)23-16-8-10-24(11-9-16)13-15-6-7-18(26-3)19(12-15)27-4/h6-7,12,16H,5,8-11,13H2,1-4H3,(H,23,25). The molecule has 152 valence electrons. The van der Waals surface area contributed by atoms with E-state index in [1.807, 2.05) is 26.0 Å². The van der Waals surface area contributed by atoms with E-state index >= 15 is 0 Å². The van der Waals surface area contributed by atoms with Crippen LogP contribution in [0.5, 0.6) is 11.5 Å². The third kappa shape index (κ3) is 4.83. The number of aryl methyl sites for hydroxylation is 2. The number of aromatic nitrogens is 1. The van der Waals surface area contributed by atoms with Crippen LogP contribution >= 0.6 is 11.3 Å². The van der Waals surface area contributed by atoms with Crippen molar-refractivity contribution in [2.75, 3.05) is 27.3 Å². The number of carbonyl (C=O) groups is 1. The quantitative estimate of drug-likeness (QED) is 0.767. The average molecular weight is 404 g/mol. The smallest absolute Gasteiger partial charge is 0.263 e. The van der Waals surface area contributed by atoms with Gasteiger partial charge in [-0.3, -0.25) is 9.69 Å². The molecule has 2 aromatic rings. The van der Waals surface area contributed by atoms with E-state index in [2.05, 4.69) is 21.3 Å². The lowest BCUT2D eigenvalue weighted by molar-refractivity contribution is 0.0912. The van der Waals surface area contributed by atoms with Gasteiger partial charge in [-0.15, -0.1) is 11.3 Å². The fourth-order valence-corrected chi connectivity index (χ4v) is 4.52. The van der Waals surface area contributed by atoms with Crippen LogP contribution in [0.3, 0.4) is 0 Å². The molecule has 7 heteroatoms. The minimum Gasteiger partial charge on any atom is -0.493 e.